The summed E-state index contributed by atoms with van der Waals surface area (Å²) >= 11 is 0. The Hall–Kier alpha value is -3.60. The normalized spacial score (nSPS) is 11.5. The van der Waals surface area contributed by atoms with Gasteiger partial charge in [0.1, 0.15) is 5.75 Å². The van der Waals surface area contributed by atoms with Crippen LogP contribution in [0, 0.1) is 13.8 Å². The second-order valence-electron chi connectivity index (χ2n) is 7.56. The number of nitrogens with one attached hydrogen (secondary N) is 2. The Morgan fingerprint density at radius 1 is 0.935 bits per heavy atom. The van der Waals surface area contributed by atoms with E-state index in [-0.39, 0.29) is 11.8 Å². The first-order valence-electron chi connectivity index (χ1n) is 10.4. The summed E-state index contributed by atoms with van der Waals surface area (Å²) < 4.78 is 5.84. The lowest BCUT2D eigenvalue weighted by Crippen LogP contribution is -2.32. The summed E-state index contributed by atoms with van der Waals surface area (Å²) in [4.78, 5) is 25.4. The van der Waals surface area contributed by atoms with Crippen LogP contribution >= 0.6 is 0 Å². The maximum absolute atomic E-state index is 12.7. The summed E-state index contributed by atoms with van der Waals surface area (Å²) in [5.74, 6) is 0.125. The minimum Gasteiger partial charge on any atom is -0.481 e. The molecule has 0 aromatic heterocycles. The zero-order valence-corrected chi connectivity index (χ0v) is 18.1. The molecule has 5 heteroatoms. The molecule has 160 valence electrons. The van der Waals surface area contributed by atoms with Crippen molar-refractivity contribution in [2.45, 2.75) is 33.3 Å². The molecule has 0 saturated carbocycles. The number of ether oxygens (including phenoxy) is 1. The van der Waals surface area contributed by atoms with Gasteiger partial charge in [0.25, 0.3) is 11.8 Å². The lowest BCUT2D eigenvalue weighted by Gasteiger charge is -2.18. The molecule has 0 fully saturated rings. The second kappa shape index (κ2) is 10.4. The number of rotatable bonds is 8. The third-order valence-electron chi connectivity index (χ3n) is 4.98. The van der Waals surface area contributed by atoms with E-state index < -0.39 is 6.10 Å². The molecule has 0 heterocycles. The van der Waals surface area contributed by atoms with E-state index in [1.807, 2.05) is 62.4 Å². The minimum absolute atomic E-state index is 0.227. The molecule has 0 saturated heterocycles. The van der Waals surface area contributed by atoms with Crippen molar-refractivity contribution in [2.24, 2.45) is 0 Å². The lowest BCUT2D eigenvalue weighted by molar-refractivity contribution is -0.122. The van der Waals surface area contributed by atoms with Crippen LogP contribution in [0.2, 0.25) is 0 Å². The number of aryl methyl sites for hydroxylation is 2. The summed E-state index contributed by atoms with van der Waals surface area (Å²) in [5.41, 5.74) is 4.14. The molecule has 0 aliphatic carbocycles. The van der Waals surface area contributed by atoms with Gasteiger partial charge < -0.3 is 15.4 Å². The summed E-state index contributed by atoms with van der Waals surface area (Å²) in [5, 5.41) is 5.75. The average Bonchev–Trinajstić information content (AvgIpc) is 2.76. The van der Waals surface area contributed by atoms with Crippen molar-refractivity contribution in [3.8, 4) is 5.75 Å². The second-order valence-corrected chi connectivity index (χ2v) is 7.56. The maximum Gasteiger partial charge on any atom is 0.265 e. The molecule has 3 aromatic rings. The number of benzene rings is 3. The van der Waals surface area contributed by atoms with Crippen molar-refractivity contribution in [3.05, 3.63) is 95.1 Å². The molecular formula is C26H28N2O3. The summed E-state index contributed by atoms with van der Waals surface area (Å²) in [7, 11) is 0. The average molecular weight is 417 g/mol. The Morgan fingerprint density at radius 3 is 2.39 bits per heavy atom. The highest BCUT2D eigenvalue weighted by molar-refractivity contribution is 6.04. The van der Waals surface area contributed by atoms with Crippen molar-refractivity contribution < 1.29 is 14.3 Å². The van der Waals surface area contributed by atoms with Crippen LogP contribution in [0.5, 0.6) is 5.75 Å². The Kier molecular flexibility index (Phi) is 7.44. The van der Waals surface area contributed by atoms with Gasteiger partial charge in [-0.3, -0.25) is 9.59 Å². The first-order valence-corrected chi connectivity index (χ1v) is 10.4. The predicted octanol–water partition coefficient (Wildman–Crippen LogP) is 4.68. The summed E-state index contributed by atoms with van der Waals surface area (Å²) in [6, 6.07) is 22.8. The monoisotopic (exact) mass is 416 g/mol. The van der Waals surface area contributed by atoms with Gasteiger partial charge in [-0.25, -0.2) is 0 Å². The standard InChI is InChI=1S/C26H28N2O3/c1-18-13-14-24(19(2)17-18)31-20(3)25(29)28-23-12-8-7-11-22(23)26(30)27-16-15-21-9-5-4-6-10-21/h4-14,17,20H,15-16H2,1-3H3,(H,27,30)(H,28,29)/t20-/m0/s1. The van der Waals surface area contributed by atoms with Crippen LogP contribution in [-0.2, 0) is 11.2 Å². The lowest BCUT2D eigenvalue weighted by atomic mass is 10.1. The van der Waals surface area contributed by atoms with E-state index in [0.29, 0.717) is 23.5 Å². The van der Waals surface area contributed by atoms with Crippen LogP contribution in [0.4, 0.5) is 5.69 Å². The molecule has 0 unspecified atom stereocenters. The van der Waals surface area contributed by atoms with Crippen molar-refractivity contribution in [1.29, 1.82) is 0 Å². The van der Waals surface area contributed by atoms with E-state index in [1.54, 1.807) is 31.2 Å². The van der Waals surface area contributed by atoms with Crippen LogP contribution in [0.3, 0.4) is 0 Å². The molecule has 0 radical (unpaired) electrons. The molecule has 2 amide bonds. The van der Waals surface area contributed by atoms with Crippen LogP contribution in [0.25, 0.3) is 0 Å². The smallest absolute Gasteiger partial charge is 0.265 e. The largest absolute Gasteiger partial charge is 0.481 e. The van der Waals surface area contributed by atoms with Gasteiger partial charge in [-0.1, -0.05) is 60.2 Å². The van der Waals surface area contributed by atoms with E-state index in [2.05, 4.69) is 10.6 Å². The van der Waals surface area contributed by atoms with Gasteiger partial charge in [0, 0.05) is 6.54 Å². The fraction of sp³-hybridized carbons (Fsp3) is 0.231. The zero-order valence-electron chi connectivity index (χ0n) is 18.1. The van der Waals surface area contributed by atoms with E-state index in [0.717, 1.165) is 23.1 Å². The molecule has 0 aliphatic rings. The predicted molar refractivity (Wildman–Crippen MR) is 124 cm³/mol. The third-order valence-corrected chi connectivity index (χ3v) is 4.98. The van der Waals surface area contributed by atoms with E-state index in [9.17, 15) is 9.59 Å². The highest BCUT2D eigenvalue weighted by atomic mass is 16.5. The molecule has 3 aromatic carbocycles. The summed E-state index contributed by atoms with van der Waals surface area (Å²) in [6.07, 6.45) is 0.0256. The third kappa shape index (κ3) is 6.19. The number of amides is 2. The number of hydrogen-bond acceptors (Lipinski definition) is 3. The van der Waals surface area contributed by atoms with Gasteiger partial charge in [-0.2, -0.15) is 0 Å². The molecular weight excluding hydrogens is 388 g/mol. The first-order chi connectivity index (χ1) is 14.9. The summed E-state index contributed by atoms with van der Waals surface area (Å²) in [6.45, 7) is 6.16. The molecule has 2 N–H and O–H groups in total. The van der Waals surface area contributed by atoms with Crippen molar-refractivity contribution >= 4 is 17.5 Å². The molecule has 5 nitrogen and oxygen atoms in total. The van der Waals surface area contributed by atoms with Gasteiger partial charge in [0.2, 0.25) is 0 Å². The van der Waals surface area contributed by atoms with Gasteiger partial charge >= 0.3 is 0 Å². The number of anilines is 1. The Morgan fingerprint density at radius 2 is 1.65 bits per heavy atom. The van der Waals surface area contributed by atoms with Gasteiger partial charge in [0.05, 0.1) is 11.3 Å². The van der Waals surface area contributed by atoms with Crippen LogP contribution in [0.15, 0.2) is 72.8 Å². The topological polar surface area (TPSA) is 67.4 Å². The number of carbonyl (C=O) groups excluding carboxylic acids is 2. The molecule has 0 aliphatic heterocycles. The number of hydrogen-bond donors (Lipinski definition) is 2. The minimum atomic E-state index is -0.712. The van der Waals surface area contributed by atoms with E-state index >= 15 is 0 Å². The number of carbonyl (C=O) groups is 2. The molecule has 0 spiro atoms. The molecule has 1 atom stereocenters. The van der Waals surface area contributed by atoms with Gasteiger partial charge in [0.15, 0.2) is 6.10 Å². The highest BCUT2D eigenvalue weighted by Crippen LogP contribution is 2.21. The molecule has 3 rings (SSSR count). The van der Waals surface area contributed by atoms with Crippen LogP contribution in [-0.4, -0.2) is 24.5 Å². The van der Waals surface area contributed by atoms with Crippen LogP contribution in [0.1, 0.15) is 34.0 Å². The zero-order chi connectivity index (χ0) is 22.2. The molecule has 31 heavy (non-hydrogen) atoms. The highest BCUT2D eigenvalue weighted by Gasteiger charge is 2.19. The fourth-order valence-corrected chi connectivity index (χ4v) is 3.26. The van der Waals surface area contributed by atoms with Crippen molar-refractivity contribution in [1.82, 2.24) is 5.32 Å². The van der Waals surface area contributed by atoms with Gasteiger partial charge in [-0.15, -0.1) is 0 Å². The number of para-hydroxylation sites is 1. The maximum atomic E-state index is 12.7. The van der Waals surface area contributed by atoms with Crippen LogP contribution < -0.4 is 15.4 Å². The quantitative estimate of drug-likeness (QED) is 0.560. The Labute approximate surface area is 183 Å². The van der Waals surface area contributed by atoms with E-state index in [4.69, 9.17) is 4.74 Å². The SMILES string of the molecule is Cc1ccc(O[C@@H](C)C(=O)Nc2ccccc2C(=O)NCCc2ccccc2)c(C)c1. The first kappa shape index (κ1) is 22.1. The van der Waals surface area contributed by atoms with Gasteiger partial charge in [-0.05, 0) is 56.5 Å². The van der Waals surface area contributed by atoms with E-state index in [1.165, 1.54) is 0 Å². The fourth-order valence-electron chi connectivity index (χ4n) is 3.26. The molecule has 0 bridgehead atoms. The van der Waals surface area contributed by atoms with Crippen molar-refractivity contribution in [2.75, 3.05) is 11.9 Å². The van der Waals surface area contributed by atoms with Crippen molar-refractivity contribution in [3.63, 3.8) is 0 Å². The Bertz CT molecular complexity index is 1050. The Balaban J connectivity index is 1.61.